The molecule has 0 bridgehead atoms. The Labute approximate surface area is 70.8 Å². The lowest BCUT2D eigenvalue weighted by atomic mass is 10.7. The average Bonchev–Trinajstić information content (AvgIpc) is 1.64. The standard InChI is InChI=1S/C4H5F2IO2.H3N/c1-2-9-3(8)4(5,6)7;/h2H2,1H3;1H3. The van der Waals surface area contributed by atoms with Crippen molar-refractivity contribution in [2.24, 2.45) is 0 Å². The Morgan fingerprint density at radius 2 is 2.10 bits per heavy atom. The Bertz CT molecular complexity index is 114. The van der Waals surface area contributed by atoms with Gasteiger partial charge in [0.15, 0.2) is 0 Å². The van der Waals surface area contributed by atoms with Gasteiger partial charge in [0.25, 0.3) is 0 Å². The van der Waals surface area contributed by atoms with Crippen LogP contribution in [0.5, 0.6) is 0 Å². The van der Waals surface area contributed by atoms with Crippen LogP contribution in [0, 0.1) is 0 Å². The quantitative estimate of drug-likeness (QED) is 0.471. The van der Waals surface area contributed by atoms with E-state index in [1.807, 2.05) is 0 Å². The number of carbonyl (C=O) groups is 1. The normalized spacial score (nSPS) is 10.0. The SMILES string of the molecule is CCOC(=O)C(F)(F)I.N. The summed E-state index contributed by atoms with van der Waals surface area (Å²) >= 11 is 0.718. The zero-order valence-corrected chi connectivity index (χ0v) is 7.52. The van der Waals surface area contributed by atoms with Crippen LogP contribution in [0.4, 0.5) is 8.78 Å². The van der Waals surface area contributed by atoms with E-state index >= 15 is 0 Å². The Kier molecular flexibility index (Phi) is 6.06. The summed E-state index contributed by atoms with van der Waals surface area (Å²) in [7, 11) is 0. The first kappa shape index (κ1) is 12.7. The van der Waals surface area contributed by atoms with Gasteiger partial charge in [0.2, 0.25) is 0 Å². The van der Waals surface area contributed by atoms with Crippen molar-refractivity contribution >= 4 is 28.6 Å². The van der Waals surface area contributed by atoms with Crippen LogP contribution in [0.3, 0.4) is 0 Å². The molecule has 0 amide bonds. The molecule has 0 aromatic heterocycles. The predicted octanol–water partition coefficient (Wildman–Crippen LogP) is 1.74. The molecule has 0 aliphatic heterocycles. The molecular weight excluding hydrogens is 259 g/mol. The maximum absolute atomic E-state index is 11.8. The molecule has 0 radical (unpaired) electrons. The molecule has 0 aliphatic carbocycles. The Morgan fingerprint density at radius 1 is 1.70 bits per heavy atom. The fraction of sp³-hybridized carbons (Fsp3) is 0.750. The van der Waals surface area contributed by atoms with Gasteiger partial charge in [-0.15, -0.1) is 0 Å². The van der Waals surface area contributed by atoms with Crippen molar-refractivity contribution in [3.05, 3.63) is 0 Å². The minimum atomic E-state index is -3.38. The maximum atomic E-state index is 11.8. The monoisotopic (exact) mass is 267 g/mol. The molecule has 0 aromatic carbocycles. The van der Waals surface area contributed by atoms with Gasteiger partial charge in [-0.2, -0.15) is 8.78 Å². The lowest BCUT2D eigenvalue weighted by Crippen LogP contribution is -2.23. The van der Waals surface area contributed by atoms with Crippen LogP contribution in [0.1, 0.15) is 6.92 Å². The molecule has 0 saturated heterocycles. The van der Waals surface area contributed by atoms with Crippen molar-refractivity contribution in [1.82, 2.24) is 6.15 Å². The number of halogens is 3. The van der Waals surface area contributed by atoms with Gasteiger partial charge in [0.1, 0.15) is 0 Å². The van der Waals surface area contributed by atoms with E-state index in [4.69, 9.17) is 0 Å². The number of esters is 1. The molecule has 0 rings (SSSR count). The van der Waals surface area contributed by atoms with Crippen LogP contribution < -0.4 is 6.15 Å². The average molecular weight is 267 g/mol. The first-order valence-corrected chi connectivity index (χ1v) is 3.30. The first-order valence-electron chi connectivity index (χ1n) is 2.22. The highest BCUT2D eigenvalue weighted by Crippen LogP contribution is 2.23. The van der Waals surface area contributed by atoms with E-state index in [9.17, 15) is 13.6 Å². The molecule has 6 heteroatoms. The van der Waals surface area contributed by atoms with Gasteiger partial charge in [0, 0.05) is 22.6 Å². The van der Waals surface area contributed by atoms with Crippen molar-refractivity contribution in [1.29, 1.82) is 0 Å². The van der Waals surface area contributed by atoms with Gasteiger partial charge in [-0.1, -0.05) is 0 Å². The molecule has 0 atom stereocenters. The smallest absolute Gasteiger partial charge is 0.390 e. The lowest BCUT2D eigenvalue weighted by molar-refractivity contribution is -0.157. The molecule has 0 spiro atoms. The summed E-state index contributed by atoms with van der Waals surface area (Å²) in [5.74, 6) is -1.48. The van der Waals surface area contributed by atoms with Crippen molar-refractivity contribution in [3.8, 4) is 0 Å². The second kappa shape index (κ2) is 4.78. The maximum Gasteiger partial charge on any atom is 0.390 e. The van der Waals surface area contributed by atoms with Crippen molar-refractivity contribution in [3.63, 3.8) is 0 Å². The number of carbonyl (C=O) groups excluding carboxylic acids is 1. The largest absolute Gasteiger partial charge is 0.461 e. The van der Waals surface area contributed by atoms with Crippen LogP contribution in [0.2, 0.25) is 0 Å². The summed E-state index contributed by atoms with van der Waals surface area (Å²) in [4.78, 5) is 10.1. The van der Waals surface area contributed by atoms with Crippen LogP contribution in [-0.4, -0.2) is 16.5 Å². The number of hydrogen-bond donors (Lipinski definition) is 1. The Morgan fingerprint density at radius 3 is 2.20 bits per heavy atom. The second-order valence-electron chi connectivity index (χ2n) is 1.22. The summed E-state index contributed by atoms with van der Waals surface area (Å²) in [6, 6.07) is 0. The minimum Gasteiger partial charge on any atom is -0.461 e. The summed E-state index contributed by atoms with van der Waals surface area (Å²) in [6.45, 7) is 1.46. The van der Waals surface area contributed by atoms with Crippen molar-refractivity contribution in [2.45, 2.75) is 10.9 Å². The molecule has 62 valence electrons. The van der Waals surface area contributed by atoms with E-state index in [1.54, 1.807) is 0 Å². The van der Waals surface area contributed by atoms with Gasteiger partial charge >= 0.3 is 9.90 Å². The zero-order valence-electron chi connectivity index (χ0n) is 5.36. The molecule has 0 unspecified atom stereocenters. The molecule has 3 nitrogen and oxygen atoms in total. The summed E-state index contributed by atoms with van der Waals surface area (Å²) < 4.78 is 24.3. The molecular formula is C4H8F2INO2. The molecule has 0 aromatic rings. The van der Waals surface area contributed by atoms with E-state index in [0.717, 1.165) is 22.6 Å². The molecule has 0 saturated carbocycles. The van der Waals surface area contributed by atoms with Gasteiger partial charge in [0.05, 0.1) is 6.61 Å². The molecule has 10 heavy (non-hydrogen) atoms. The summed E-state index contributed by atoms with van der Waals surface area (Å²) in [5.41, 5.74) is 0. The van der Waals surface area contributed by atoms with Crippen LogP contribution in [0.15, 0.2) is 0 Å². The fourth-order valence-electron chi connectivity index (χ4n) is 0.213. The topological polar surface area (TPSA) is 61.3 Å². The van der Waals surface area contributed by atoms with E-state index < -0.39 is 9.90 Å². The third-order valence-corrected chi connectivity index (χ3v) is 0.947. The van der Waals surface area contributed by atoms with Gasteiger partial charge in [-0.3, -0.25) is 0 Å². The predicted molar refractivity (Wildman–Crippen MR) is 40.6 cm³/mol. The van der Waals surface area contributed by atoms with E-state index in [-0.39, 0.29) is 12.8 Å². The number of ether oxygens (including phenoxy) is 1. The van der Waals surface area contributed by atoms with E-state index in [1.165, 1.54) is 6.92 Å². The zero-order chi connectivity index (χ0) is 7.49. The highest BCUT2D eigenvalue weighted by atomic mass is 127. The summed E-state index contributed by atoms with van der Waals surface area (Å²) in [5, 5.41) is 0. The van der Waals surface area contributed by atoms with E-state index in [0.29, 0.717) is 0 Å². The highest BCUT2D eigenvalue weighted by molar-refractivity contribution is 14.1. The van der Waals surface area contributed by atoms with Gasteiger partial charge in [-0.05, 0) is 6.92 Å². The number of alkyl halides is 3. The van der Waals surface area contributed by atoms with Gasteiger partial charge < -0.3 is 10.9 Å². The second-order valence-corrected chi connectivity index (χ2v) is 2.57. The molecule has 0 aliphatic rings. The molecule has 0 heterocycles. The van der Waals surface area contributed by atoms with E-state index in [2.05, 4.69) is 4.74 Å². The lowest BCUT2D eigenvalue weighted by Gasteiger charge is -2.05. The Hall–Kier alpha value is 0.0200. The first-order chi connectivity index (χ1) is 3.98. The third-order valence-electron chi connectivity index (χ3n) is 0.507. The Balaban J connectivity index is 0. The van der Waals surface area contributed by atoms with Crippen LogP contribution in [0.25, 0.3) is 0 Å². The highest BCUT2D eigenvalue weighted by Gasteiger charge is 2.36. The van der Waals surface area contributed by atoms with Crippen molar-refractivity contribution in [2.75, 3.05) is 6.61 Å². The molecule has 3 N–H and O–H groups in total. The van der Waals surface area contributed by atoms with Crippen LogP contribution >= 0.6 is 22.6 Å². The van der Waals surface area contributed by atoms with Crippen LogP contribution in [-0.2, 0) is 9.53 Å². The number of rotatable bonds is 2. The molecule has 0 fully saturated rings. The summed E-state index contributed by atoms with van der Waals surface area (Å²) in [6.07, 6.45) is 0. The number of hydrogen-bond acceptors (Lipinski definition) is 3. The third kappa shape index (κ3) is 4.86. The van der Waals surface area contributed by atoms with Gasteiger partial charge in [-0.25, -0.2) is 4.79 Å². The minimum absolute atomic E-state index is 0. The fourth-order valence-corrected chi connectivity index (χ4v) is 0.369. The van der Waals surface area contributed by atoms with Crippen molar-refractivity contribution < 1.29 is 18.3 Å².